The molecule has 2 N–H and O–H groups in total. The van der Waals surface area contributed by atoms with E-state index in [1.54, 1.807) is 0 Å². The summed E-state index contributed by atoms with van der Waals surface area (Å²) in [7, 11) is 0. The Labute approximate surface area is 128 Å². The largest absolute Gasteiger partial charge is 0.388 e. The van der Waals surface area contributed by atoms with Crippen molar-refractivity contribution in [2.24, 2.45) is 0 Å². The third kappa shape index (κ3) is 6.27. The van der Waals surface area contributed by atoms with E-state index in [0.717, 1.165) is 12.1 Å². The fraction of sp³-hybridized carbons (Fsp3) is 0.588. The maximum absolute atomic E-state index is 11.9. The van der Waals surface area contributed by atoms with Crippen LogP contribution in [0.2, 0.25) is 0 Å². The van der Waals surface area contributed by atoms with Gasteiger partial charge in [0.15, 0.2) is 0 Å². The van der Waals surface area contributed by atoms with Crippen LogP contribution in [0.25, 0.3) is 0 Å². The average Bonchev–Trinajstić information content (AvgIpc) is 2.43. The van der Waals surface area contributed by atoms with E-state index in [1.165, 1.54) is 0 Å². The Bertz CT molecular complexity index is 410. The maximum atomic E-state index is 11.9. The fourth-order valence-electron chi connectivity index (χ4n) is 2.48. The molecule has 0 aromatic heterocycles. The number of nitrogens with zero attached hydrogens (tertiary/aromatic N) is 1. The number of hydrogen-bond acceptors (Lipinski definition) is 3. The van der Waals surface area contributed by atoms with Crippen LogP contribution in [0.15, 0.2) is 30.3 Å². The van der Waals surface area contributed by atoms with E-state index in [0.29, 0.717) is 18.6 Å². The van der Waals surface area contributed by atoms with Crippen molar-refractivity contribution in [2.75, 3.05) is 13.1 Å². The summed E-state index contributed by atoms with van der Waals surface area (Å²) >= 11 is 0. The molecule has 0 aliphatic heterocycles. The lowest BCUT2D eigenvalue weighted by atomic mass is 10.1. The normalized spacial score (nSPS) is 13.0. The number of aliphatic hydroxyl groups excluding tert-OH is 1. The van der Waals surface area contributed by atoms with Crippen LogP contribution in [0.5, 0.6) is 0 Å². The Morgan fingerprint density at radius 1 is 1.14 bits per heavy atom. The fourth-order valence-corrected chi connectivity index (χ4v) is 2.48. The monoisotopic (exact) mass is 292 g/mol. The zero-order chi connectivity index (χ0) is 15.8. The van der Waals surface area contributed by atoms with E-state index in [-0.39, 0.29) is 12.3 Å². The second kappa shape index (κ2) is 8.80. The lowest BCUT2D eigenvalue weighted by Crippen LogP contribution is -2.42. The zero-order valence-corrected chi connectivity index (χ0v) is 13.5. The smallest absolute Gasteiger partial charge is 0.223 e. The van der Waals surface area contributed by atoms with Crippen molar-refractivity contribution in [3.8, 4) is 0 Å². The molecule has 0 saturated carbocycles. The summed E-state index contributed by atoms with van der Waals surface area (Å²) in [4.78, 5) is 14.2. The van der Waals surface area contributed by atoms with E-state index in [1.807, 2.05) is 30.3 Å². The molecule has 4 heteroatoms. The Morgan fingerprint density at radius 3 is 2.24 bits per heavy atom. The summed E-state index contributed by atoms with van der Waals surface area (Å²) in [6, 6.07) is 10.2. The third-order valence-corrected chi connectivity index (χ3v) is 3.58. The van der Waals surface area contributed by atoms with Gasteiger partial charge in [-0.3, -0.25) is 9.69 Å². The SMILES string of the molecule is CC(C)N(CCNC(=O)CC(O)c1ccccc1)C(C)C. The molecule has 1 rings (SSSR count). The van der Waals surface area contributed by atoms with Gasteiger partial charge in [0.2, 0.25) is 5.91 Å². The highest BCUT2D eigenvalue weighted by Crippen LogP contribution is 2.15. The van der Waals surface area contributed by atoms with Gasteiger partial charge in [-0.05, 0) is 33.3 Å². The van der Waals surface area contributed by atoms with Crippen molar-refractivity contribution in [3.05, 3.63) is 35.9 Å². The summed E-state index contributed by atoms with van der Waals surface area (Å²) in [5.74, 6) is -0.112. The molecule has 0 heterocycles. The molecule has 0 radical (unpaired) electrons. The molecule has 4 nitrogen and oxygen atoms in total. The van der Waals surface area contributed by atoms with Gasteiger partial charge >= 0.3 is 0 Å². The molecule has 21 heavy (non-hydrogen) atoms. The molecule has 0 bridgehead atoms. The molecular weight excluding hydrogens is 264 g/mol. The Kier molecular flexibility index (Phi) is 7.40. The van der Waals surface area contributed by atoms with Gasteiger partial charge < -0.3 is 10.4 Å². The highest BCUT2D eigenvalue weighted by molar-refractivity contribution is 5.76. The Balaban J connectivity index is 2.34. The summed E-state index contributed by atoms with van der Waals surface area (Å²) < 4.78 is 0. The van der Waals surface area contributed by atoms with Crippen LogP contribution < -0.4 is 5.32 Å². The molecule has 0 aliphatic carbocycles. The molecule has 118 valence electrons. The lowest BCUT2D eigenvalue weighted by molar-refractivity contribution is -0.123. The minimum atomic E-state index is -0.738. The lowest BCUT2D eigenvalue weighted by Gasteiger charge is -2.30. The van der Waals surface area contributed by atoms with E-state index in [4.69, 9.17) is 0 Å². The van der Waals surface area contributed by atoms with Crippen molar-refractivity contribution in [1.82, 2.24) is 10.2 Å². The predicted molar refractivity (Wildman–Crippen MR) is 86.0 cm³/mol. The van der Waals surface area contributed by atoms with Crippen molar-refractivity contribution >= 4 is 5.91 Å². The highest BCUT2D eigenvalue weighted by Gasteiger charge is 2.15. The molecule has 0 spiro atoms. The summed E-state index contributed by atoms with van der Waals surface area (Å²) in [6.07, 6.45) is -0.634. The second-order valence-corrected chi connectivity index (χ2v) is 5.91. The van der Waals surface area contributed by atoms with Crippen LogP contribution in [-0.4, -0.2) is 41.1 Å². The van der Waals surface area contributed by atoms with Gasteiger partial charge in [-0.2, -0.15) is 0 Å². The van der Waals surface area contributed by atoms with E-state index in [2.05, 4.69) is 37.9 Å². The van der Waals surface area contributed by atoms with Gasteiger partial charge in [0.05, 0.1) is 12.5 Å². The molecule has 0 fully saturated rings. The molecule has 1 unspecified atom stereocenters. The van der Waals surface area contributed by atoms with Gasteiger partial charge in [0.25, 0.3) is 0 Å². The zero-order valence-electron chi connectivity index (χ0n) is 13.5. The molecule has 1 amide bonds. The summed E-state index contributed by atoms with van der Waals surface area (Å²) in [6.45, 7) is 10.0. The summed E-state index contributed by atoms with van der Waals surface area (Å²) in [5, 5.41) is 12.9. The van der Waals surface area contributed by atoms with Crippen LogP contribution in [0.4, 0.5) is 0 Å². The van der Waals surface area contributed by atoms with Crippen molar-refractivity contribution in [1.29, 1.82) is 0 Å². The maximum Gasteiger partial charge on any atom is 0.223 e. The molecular formula is C17H28N2O2. The minimum absolute atomic E-state index is 0.105. The molecule has 0 aliphatic rings. The number of nitrogens with one attached hydrogen (secondary N) is 1. The van der Waals surface area contributed by atoms with E-state index < -0.39 is 6.10 Å². The second-order valence-electron chi connectivity index (χ2n) is 5.91. The molecule has 1 aromatic carbocycles. The van der Waals surface area contributed by atoms with E-state index >= 15 is 0 Å². The highest BCUT2D eigenvalue weighted by atomic mass is 16.3. The quantitative estimate of drug-likeness (QED) is 0.773. The molecule has 1 atom stereocenters. The number of carbonyl (C=O) groups is 1. The molecule has 0 saturated heterocycles. The van der Waals surface area contributed by atoms with E-state index in [9.17, 15) is 9.90 Å². The first-order valence-electron chi connectivity index (χ1n) is 7.67. The number of aliphatic hydroxyl groups is 1. The van der Waals surface area contributed by atoms with Crippen LogP contribution in [0, 0.1) is 0 Å². The number of amides is 1. The average molecular weight is 292 g/mol. The number of rotatable bonds is 8. The standard InChI is InChI=1S/C17H28N2O2/c1-13(2)19(14(3)4)11-10-18-17(21)12-16(20)15-8-6-5-7-9-15/h5-9,13-14,16,20H,10-12H2,1-4H3,(H,18,21). The molecule has 1 aromatic rings. The summed E-state index contributed by atoms with van der Waals surface area (Å²) in [5.41, 5.74) is 0.777. The van der Waals surface area contributed by atoms with Gasteiger partial charge in [-0.25, -0.2) is 0 Å². The van der Waals surface area contributed by atoms with Crippen LogP contribution in [0.1, 0.15) is 45.8 Å². The first-order chi connectivity index (χ1) is 9.91. The Hall–Kier alpha value is -1.39. The van der Waals surface area contributed by atoms with Gasteiger partial charge in [-0.1, -0.05) is 30.3 Å². The Morgan fingerprint density at radius 2 is 1.71 bits per heavy atom. The first kappa shape index (κ1) is 17.7. The van der Waals surface area contributed by atoms with Crippen LogP contribution in [-0.2, 0) is 4.79 Å². The predicted octanol–water partition coefficient (Wildman–Crippen LogP) is 2.35. The topological polar surface area (TPSA) is 52.6 Å². The van der Waals surface area contributed by atoms with Gasteiger partial charge in [0.1, 0.15) is 0 Å². The van der Waals surface area contributed by atoms with Gasteiger partial charge in [-0.15, -0.1) is 0 Å². The first-order valence-corrected chi connectivity index (χ1v) is 7.67. The van der Waals surface area contributed by atoms with Crippen LogP contribution in [0.3, 0.4) is 0 Å². The number of benzene rings is 1. The van der Waals surface area contributed by atoms with Gasteiger partial charge in [0, 0.05) is 25.2 Å². The van der Waals surface area contributed by atoms with Crippen molar-refractivity contribution in [3.63, 3.8) is 0 Å². The third-order valence-electron chi connectivity index (χ3n) is 3.58. The number of carbonyl (C=O) groups excluding carboxylic acids is 1. The number of hydrogen-bond donors (Lipinski definition) is 2. The van der Waals surface area contributed by atoms with Crippen molar-refractivity contribution < 1.29 is 9.90 Å². The minimum Gasteiger partial charge on any atom is -0.388 e. The van der Waals surface area contributed by atoms with Crippen LogP contribution >= 0.6 is 0 Å². The van der Waals surface area contributed by atoms with Crippen molar-refractivity contribution in [2.45, 2.75) is 52.3 Å².